The summed E-state index contributed by atoms with van der Waals surface area (Å²) < 4.78 is 5.51. The van der Waals surface area contributed by atoms with Crippen LogP contribution in [0.4, 0.5) is 4.79 Å². The Morgan fingerprint density at radius 1 is 1.34 bits per heavy atom. The Hall–Kier alpha value is -2.42. The normalized spacial score (nSPS) is 23.8. The first kappa shape index (κ1) is 19.9. The van der Waals surface area contributed by atoms with Crippen LogP contribution in [0.5, 0.6) is 0 Å². The number of aromatic nitrogens is 2. The van der Waals surface area contributed by atoms with Crippen LogP contribution in [0.2, 0.25) is 0 Å². The van der Waals surface area contributed by atoms with E-state index in [0.29, 0.717) is 22.6 Å². The van der Waals surface area contributed by atoms with Gasteiger partial charge in [0.1, 0.15) is 11.9 Å². The molecule has 4 rings (SSSR count). The fourth-order valence-electron chi connectivity index (χ4n) is 4.17. The van der Waals surface area contributed by atoms with Gasteiger partial charge in [0.2, 0.25) is 5.91 Å². The predicted molar refractivity (Wildman–Crippen MR) is 110 cm³/mol. The molecule has 9 heteroatoms. The minimum absolute atomic E-state index is 0.111. The zero-order chi connectivity index (χ0) is 20.9. The summed E-state index contributed by atoms with van der Waals surface area (Å²) in [6.45, 7) is 3.75. The van der Waals surface area contributed by atoms with E-state index in [1.165, 1.54) is 7.11 Å². The average Bonchev–Trinajstić information content (AvgIpc) is 3.34. The minimum atomic E-state index is -0.703. The van der Waals surface area contributed by atoms with E-state index in [1.807, 2.05) is 13.8 Å². The van der Waals surface area contributed by atoms with Crippen LogP contribution in [-0.2, 0) is 9.53 Å². The van der Waals surface area contributed by atoms with E-state index in [-0.39, 0.29) is 29.5 Å². The lowest BCUT2D eigenvalue weighted by Gasteiger charge is -2.32. The summed E-state index contributed by atoms with van der Waals surface area (Å²) in [6.07, 6.45) is 1.05. The van der Waals surface area contributed by atoms with Crippen LogP contribution < -0.4 is 10.9 Å². The first-order valence-electron chi connectivity index (χ1n) is 9.66. The van der Waals surface area contributed by atoms with Crippen LogP contribution in [0, 0.1) is 11.8 Å². The van der Waals surface area contributed by atoms with Gasteiger partial charge in [0.15, 0.2) is 0 Å². The molecule has 154 valence electrons. The molecule has 1 aromatic heterocycles. The van der Waals surface area contributed by atoms with Crippen LogP contribution in [-0.4, -0.2) is 46.1 Å². The molecule has 0 radical (unpaired) electrons. The standard InChI is InChI=1S/C20H23BrN4O4/c1-9(2)16(23-20(28)29-3)19(27)25-14-6-10(14)7-15(25)17-22-13-8-11(21)4-5-12(13)18(26)24-17/h4-5,8-10,14-16H,6-7H2,1-3H3,(H,23,28)(H,22,24,26)/t10-,14?,15+,16?/m1/s1. The number of nitrogens with one attached hydrogen (secondary N) is 2. The highest BCUT2D eigenvalue weighted by molar-refractivity contribution is 9.10. The highest BCUT2D eigenvalue weighted by atomic mass is 79.9. The van der Waals surface area contributed by atoms with Crippen LogP contribution in [0.25, 0.3) is 10.9 Å². The maximum atomic E-state index is 13.4. The van der Waals surface area contributed by atoms with Crippen molar-refractivity contribution >= 4 is 38.8 Å². The number of alkyl carbamates (subject to hydrolysis) is 1. The summed E-state index contributed by atoms with van der Waals surface area (Å²) in [4.78, 5) is 47.0. The zero-order valence-electron chi connectivity index (χ0n) is 16.4. The molecule has 2 amide bonds. The molecule has 1 aromatic carbocycles. The molecule has 2 unspecified atom stereocenters. The van der Waals surface area contributed by atoms with Crippen molar-refractivity contribution in [2.45, 2.75) is 44.8 Å². The monoisotopic (exact) mass is 462 g/mol. The zero-order valence-corrected chi connectivity index (χ0v) is 18.0. The number of ether oxygens (including phenoxy) is 1. The van der Waals surface area contributed by atoms with Gasteiger partial charge in [-0.15, -0.1) is 0 Å². The minimum Gasteiger partial charge on any atom is -0.453 e. The topological polar surface area (TPSA) is 104 Å². The maximum absolute atomic E-state index is 13.4. The third kappa shape index (κ3) is 3.63. The number of carbonyl (C=O) groups is 2. The molecule has 2 aliphatic rings. The Morgan fingerprint density at radius 2 is 2.10 bits per heavy atom. The number of aromatic amines is 1. The number of H-pyrrole nitrogens is 1. The maximum Gasteiger partial charge on any atom is 0.407 e. The van der Waals surface area contributed by atoms with Gasteiger partial charge in [-0.2, -0.15) is 0 Å². The van der Waals surface area contributed by atoms with Crippen molar-refractivity contribution < 1.29 is 14.3 Å². The Labute approximate surface area is 176 Å². The van der Waals surface area contributed by atoms with Gasteiger partial charge in [-0.1, -0.05) is 29.8 Å². The van der Waals surface area contributed by atoms with Crippen LogP contribution in [0.1, 0.15) is 38.6 Å². The molecule has 4 atom stereocenters. The first-order valence-corrected chi connectivity index (χ1v) is 10.5. The summed E-state index contributed by atoms with van der Waals surface area (Å²) >= 11 is 3.41. The molecule has 1 aliphatic carbocycles. The van der Waals surface area contributed by atoms with E-state index in [2.05, 4.69) is 36.0 Å². The van der Waals surface area contributed by atoms with Gasteiger partial charge in [0.25, 0.3) is 5.56 Å². The second-order valence-corrected chi connectivity index (χ2v) is 8.95. The fourth-order valence-corrected chi connectivity index (χ4v) is 4.52. The number of rotatable bonds is 4. The molecule has 2 heterocycles. The number of likely N-dealkylation sites (tertiary alicyclic amines) is 1. The van der Waals surface area contributed by atoms with E-state index < -0.39 is 12.1 Å². The molecule has 1 saturated heterocycles. The van der Waals surface area contributed by atoms with E-state index in [0.717, 1.165) is 17.3 Å². The molecular weight excluding hydrogens is 440 g/mol. The number of nitrogens with zero attached hydrogens (tertiary/aromatic N) is 2. The molecule has 2 fully saturated rings. The lowest BCUT2D eigenvalue weighted by molar-refractivity contribution is -0.136. The van der Waals surface area contributed by atoms with Gasteiger partial charge in [0, 0.05) is 10.5 Å². The van der Waals surface area contributed by atoms with Gasteiger partial charge in [-0.3, -0.25) is 9.59 Å². The van der Waals surface area contributed by atoms with Gasteiger partial charge in [-0.05, 0) is 42.9 Å². The third-order valence-corrected chi connectivity index (χ3v) is 6.25. The Kier molecular flexibility index (Phi) is 5.10. The first-order chi connectivity index (χ1) is 13.8. The lowest BCUT2D eigenvalue weighted by Crippen LogP contribution is -2.52. The van der Waals surface area contributed by atoms with Gasteiger partial charge in [0.05, 0.1) is 24.1 Å². The smallest absolute Gasteiger partial charge is 0.407 e. The molecule has 2 aromatic rings. The largest absolute Gasteiger partial charge is 0.453 e. The average molecular weight is 463 g/mol. The number of hydrogen-bond donors (Lipinski definition) is 2. The van der Waals surface area contributed by atoms with Crippen LogP contribution in [0.15, 0.2) is 27.5 Å². The van der Waals surface area contributed by atoms with Crippen LogP contribution >= 0.6 is 15.9 Å². The van der Waals surface area contributed by atoms with Crippen LogP contribution in [0.3, 0.4) is 0 Å². The molecular formula is C20H23BrN4O4. The second kappa shape index (κ2) is 7.44. The van der Waals surface area contributed by atoms with Gasteiger partial charge in [-0.25, -0.2) is 9.78 Å². The number of hydrogen-bond acceptors (Lipinski definition) is 5. The lowest BCUT2D eigenvalue weighted by atomic mass is 10.0. The quantitative estimate of drug-likeness (QED) is 0.726. The van der Waals surface area contributed by atoms with Crippen molar-refractivity contribution in [3.05, 3.63) is 38.9 Å². The molecule has 0 spiro atoms. The predicted octanol–water partition coefficient (Wildman–Crippen LogP) is 2.73. The van der Waals surface area contributed by atoms with E-state index in [4.69, 9.17) is 0 Å². The van der Waals surface area contributed by atoms with E-state index in [9.17, 15) is 14.4 Å². The van der Waals surface area contributed by atoms with Crippen molar-refractivity contribution in [3.63, 3.8) is 0 Å². The number of piperidine rings is 1. The van der Waals surface area contributed by atoms with Crippen molar-refractivity contribution in [2.75, 3.05) is 7.11 Å². The molecule has 1 saturated carbocycles. The Balaban J connectivity index is 1.69. The van der Waals surface area contributed by atoms with Crippen molar-refractivity contribution in [2.24, 2.45) is 11.8 Å². The van der Waals surface area contributed by atoms with Crippen molar-refractivity contribution in [1.29, 1.82) is 0 Å². The summed E-state index contributed by atoms with van der Waals surface area (Å²) in [7, 11) is 1.27. The van der Waals surface area contributed by atoms with E-state index in [1.54, 1.807) is 23.1 Å². The fraction of sp³-hybridized carbons (Fsp3) is 0.500. The highest BCUT2D eigenvalue weighted by Crippen LogP contribution is 2.53. The Morgan fingerprint density at radius 3 is 2.79 bits per heavy atom. The molecule has 8 nitrogen and oxygen atoms in total. The van der Waals surface area contributed by atoms with E-state index >= 15 is 0 Å². The van der Waals surface area contributed by atoms with Gasteiger partial charge < -0.3 is 19.9 Å². The molecule has 2 N–H and O–H groups in total. The van der Waals surface area contributed by atoms with Crippen molar-refractivity contribution in [1.82, 2.24) is 20.2 Å². The number of halogens is 1. The third-order valence-electron chi connectivity index (χ3n) is 5.75. The number of fused-ring (bicyclic) bond motifs is 2. The number of amides is 2. The molecule has 1 aliphatic heterocycles. The summed E-state index contributed by atoms with van der Waals surface area (Å²) in [5, 5.41) is 3.16. The van der Waals surface area contributed by atoms with Gasteiger partial charge >= 0.3 is 6.09 Å². The Bertz CT molecular complexity index is 1040. The molecule has 0 bridgehead atoms. The van der Waals surface area contributed by atoms with Crippen molar-refractivity contribution in [3.8, 4) is 0 Å². The summed E-state index contributed by atoms with van der Waals surface area (Å²) in [6, 6.07) is 4.42. The second-order valence-electron chi connectivity index (χ2n) is 8.03. The number of carbonyl (C=O) groups excluding carboxylic acids is 2. The highest BCUT2D eigenvalue weighted by Gasteiger charge is 2.56. The number of benzene rings is 1. The summed E-state index contributed by atoms with van der Waals surface area (Å²) in [5.41, 5.74) is 0.359. The molecule has 29 heavy (non-hydrogen) atoms. The number of methoxy groups -OCH3 is 1. The SMILES string of the molecule is COC(=O)NC(C(=O)N1C2C[C@@H]2C[C@H]1c1nc2cc(Br)ccc2c(=O)[nH]1)C(C)C. The summed E-state index contributed by atoms with van der Waals surface area (Å²) in [5.74, 6) is 0.608.